The first-order valence-electron chi connectivity index (χ1n) is 4.77. The van der Waals surface area contributed by atoms with Crippen LogP contribution in [-0.2, 0) is 0 Å². The minimum absolute atomic E-state index is 0.211. The Morgan fingerprint density at radius 2 is 1.72 bits per heavy atom. The highest BCUT2D eigenvalue weighted by Gasteiger charge is 2.08. The third-order valence-electron chi connectivity index (χ3n) is 1.99. The van der Waals surface area contributed by atoms with E-state index in [2.05, 4.69) is 14.6 Å². The van der Waals surface area contributed by atoms with Crippen LogP contribution in [0, 0.1) is 11.6 Å². The van der Waals surface area contributed by atoms with E-state index < -0.39 is 28.9 Å². The molecule has 0 bridgehead atoms. The lowest BCUT2D eigenvalue weighted by molar-refractivity contribution is 0.311. The molecule has 18 heavy (non-hydrogen) atoms. The number of rotatable bonds is 2. The Hall–Kier alpha value is -2.57. The van der Waals surface area contributed by atoms with Crippen molar-refractivity contribution < 1.29 is 18.3 Å². The lowest BCUT2D eigenvalue weighted by Crippen LogP contribution is -1.92. The van der Waals surface area contributed by atoms with Gasteiger partial charge in [0, 0.05) is 6.07 Å². The molecule has 0 amide bonds. The van der Waals surface area contributed by atoms with Crippen molar-refractivity contribution in [1.82, 2.24) is 0 Å². The minimum atomic E-state index is -0.893. The van der Waals surface area contributed by atoms with E-state index in [-0.39, 0.29) is 5.69 Å². The summed E-state index contributed by atoms with van der Waals surface area (Å²) in [5.74, 6) is -2.56. The molecule has 2 rings (SSSR count). The number of hydrogen-bond acceptors (Lipinski definition) is 5. The van der Waals surface area contributed by atoms with Crippen molar-refractivity contribution in [1.29, 1.82) is 0 Å². The van der Waals surface area contributed by atoms with Crippen LogP contribution in [0.25, 0.3) is 0 Å². The van der Waals surface area contributed by atoms with Gasteiger partial charge in [-0.05, 0) is 18.2 Å². The van der Waals surface area contributed by atoms with Gasteiger partial charge in [-0.15, -0.1) is 10.2 Å². The summed E-state index contributed by atoms with van der Waals surface area (Å²) in [4.78, 5) is 10.7. The lowest BCUT2D eigenvalue weighted by atomic mass is 10.3. The summed E-state index contributed by atoms with van der Waals surface area (Å²) >= 11 is 0. The number of hydrogen-bond donors (Lipinski definition) is 1. The predicted molar refractivity (Wildman–Crippen MR) is 57.2 cm³/mol. The smallest absolute Gasteiger partial charge is 0.338 e. The Balaban J connectivity index is 2.39. The molecule has 0 spiro atoms. The molecule has 0 unspecified atom stereocenters. The fraction of sp³-hybridized carbons (Fsp3) is 0. The van der Waals surface area contributed by atoms with E-state index in [1.165, 1.54) is 6.07 Å². The van der Waals surface area contributed by atoms with Gasteiger partial charge in [-0.3, -0.25) is 0 Å². The van der Waals surface area contributed by atoms with Crippen LogP contribution in [0.2, 0.25) is 0 Å². The van der Waals surface area contributed by atoms with Crippen LogP contribution in [-0.4, -0.2) is 5.11 Å². The molecule has 0 radical (unpaired) electrons. The Morgan fingerprint density at radius 1 is 1.06 bits per heavy atom. The largest absolute Gasteiger partial charge is 0.479 e. The molecule has 0 aliphatic carbocycles. The molecular formula is C11H6F2N2O3. The Labute approximate surface area is 99.0 Å². The van der Waals surface area contributed by atoms with Crippen molar-refractivity contribution in [2.45, 2.75) is 0 Å². The number of benzene rings is 1. The quantitative estimate of drug-likeness (QED) is 0.834. The number of nitrogens with zero attached hydrogens (tertiary/aromatic N) is 2. The molecule has 0 saturated heterocycles. The molecule has 1 heterocycles. The van der Waals surface area contributed by atoms with Gasteiger partial charge < -0.3 is 9.52 Å². The molecule has 92 valence electrons. The maximum absolute atomic E-state index is 13.2. The van der Waals surface area contributed by atoms with Crippen molar-refractivity contribution in [3.8, 4) is 5.95 Å². The lowest BCUT2D eigenvalue weighted by Gasteiger charge is -1.97. The third kappa shape index (κ3) is 2.40. The van der Waals surface area contributed by atoms with Crippen LogP contribution in [0.4, 0.5) is 20.2 Å². The van der Waals surface area contributed by atoms with Gasteiger partial charge in [0.15, 0.2) is 23.0 Å². The van der Waals surface area contributed by atoms with E-state index in [0.717, 1.165) is 24.3 Å². The van der Waals surface area contributed by atoms with Gasteiger partial charge in [0.25, 0.3) is 0 Å². The molecule has 0 saturated carbocycles. The Bertz CT molecular complexity index is 647. The molecule has 0 fully saturated rings. The molecule has 1 N–H and O–H groups in total. The first-order valence-corrected chi connectivity index (χ1v) is 4.77. The number of aromatic hydroxyl groups is 1. The van der Waals surface area contributed by atoms with Gasteiger partial charge in [-0.25, -0.2) is 13.6 Å². The Morgan fingerprint density at radius 3 is 2.33 bits per heavy atom. The summed E-state index contributed by atoms with van der Waals surface area (Å²) in [6.45, 7) is 0. The molecule has 7 heteroatoms. The summed E-state index contributed by atoms with van der Waals surface area (Å²) in [6.07, 6.45) is 0. The summed E-state index contributed by atoms with van der Waals surface area (Å²) in [7, 11) is 0. The van der Waals surface area contributed by atoms with Crippen LogP contribution in [0.1, 0.15) is 0 Å². The zero-order chi connectivity index (χ0) is 13.1. The number of halogens is 2. The molecule has 1 aromatic heterocycles. The highest BCUT2D eigenvalue weighted by molar-refractivity contribution is 5.45. The summed E-state index contributed by atoms with van der Waals surface area (Å²) in [6, 6.07) is 5.32. The SMILES string of the molecule is O=c1ccc(N=Nc2c(F)cccc2F)c(O)o1. The second kappa shape index (κ2) is 4.74. The summed E-state index contributed by atoms with van der Waals surface area (Å²) in [5.41, 5.74) is -1.58. The van der Waals surface area contributed by atoms with Gasteiger partial charge in [0.2, 0.25) is 0 Å². The van der Waals surface area contributed by atoms with Gasteiger partial charge in [-0.1, -0.05) is 6.07 Å². The molecule has 0 atom stereocenters. The fourth-order valence-corrected chi connectivity index (χ4v) is 1.16. The van der Waals surface area contributed by atoms with E-state index in [1.54, 1.807) is 0 Å². The van der Waals surface area contributed by atoms with Gasteiger partial charge >= 0.3 is 11.6 Å². The zero-order valence-electron chi connectivity index (χ0n) is 8.80. The van der Waals surface area contributed by atoms with Gasteiger partial charge in [0.1, 0.15) is 0 Å². The van der Waals surface area contributed by atoms with Crippen LogP contribution >= 0.6 is 0 Å². The standard InChI is InChI=1S/C11H6F2N2O3/c12-6-2-1-3-7(13)10(6)15-14-8-4-5-9(16)18-11(8)17/h1-5,17H. The van der Waals surface area contributed by atoms with Crippen molar-refractivity contribution in [3.63, 3.8) is 0 Å². The van der Waals surface area contributed by atoms with Crippen molar-refractivity contribution >= 4 is 11.4 Å². The monoisotopic (exact) mass is 252 g/mol. The topological polar surface area (TPSA) is 75.2 Å². The van der Waals surface area contributed by atoms with E-state index in [1.807, 2.05) is 0 Å². The van der Waals surface area contributed by atoms with E-state index >= 15 is 0 Å². The minimum Gasteiger partial charge on any atom is -0.479 e. The second-order valence-electron chi connectivity index (χ2n) is 3.22. The average molecular weight is 252 g/mol. The molecule has 5 nitrogen and oxygen atoms in total. The van der Waals surface area contributed by atoms with E-state index in [0.29, 0.717) is 0 Å². The normalized spacial score (nSPS) is 11.0. The maximum atomic E-state index is 13.2. The third-order valence-corrected chi connectivity index (χ3v) is 1.99. The fourth-order valence-electron chi connectivity index (χ4n) is 1.16. The highest BCUT2D eigenvalue weighted by Crippen LogP contribution is 2.28. The second-order valence-corrected chi connectivity index (χ2v) is 3.22. The predicted octanol–water partition coefficient (Wildman–Crippen LogP) is 3.04. The van der Waals surface area contributed by atoms with Crippen LogP contribution in [0.5, 0.6) is 5.95 Å². The number of azo groups is 1. The summed E-state index contributed by atoms with van der Waals surface area (Å²) < 4.78 is 30.7. The average Bonchev–Trinajstić information content (AvgIpc) is 2.31. The van der Waals surface area contributed by atoms with Crippen LogP contribution in [0.3, 0.4) is 0 Å². The van der Waals surface area contributed by atoms with Crippen molar-refractivity contribution in [3.05, 3.63) is 52.4 Å². The molecule has 0 aliphatic heterocycles. The van der Waals surface area contributed by atoms with E-state index in [4.69, 9.17) is 0 Å². The molecule has 2 aromatic rings. The molecule has 0 aliphatic rings. The van der Waals surface area contributed by atoms with Gasteiger partial charge in [0.05, 0.1) is 0 Å². The molecular weight excluding hydrogens is 246 g/mol. The van der Waals surface area contributed by atoms with Crippen LogP contribution in [0.15, 0.2) is 49.8 Å². The zero-order valence-corrected chi connectivity index (χ0v) is 8.80. The van der Waals surface area contributed by atoms with Crippen LogP contribution < -0.4 is 5.63 Å². The highest BCUT2D eigenvalue weighted by atomic mass is 19.1. The summed E-state index contributed by atoms with van der Waals surface area (Å²) in [5, 5.41) is 15.9. The Kier molecular flexibility index (Phi) is 3.13. The van der Waals surface area contributed by atoms with Crippen molar-refractivity contribution in [2.24, 2.45) is 10.2 Å². The van der Waals surface area contributed by atoms with Crippen molar-refractivity contribution in [2.75, 3.05) is 0 Å². The molecule has 1 aromatic carbocycles. The first kappa shape index (κ1) is 11.9. The van der Waals surface area contributed by atoms with Gasteiger partial charge in [-0.2, -0.15) is 0 Å². The maximum Gasteiger partial charge on any atom is 0.338 e. The first-order chi connectivity index (χ1) is 8.58. The van der Waals surface area contributed by atoms with E-state index in [9.17, 15) is 18.7 Å².